The number of aromatic nitrogens is 2. The SMILES string of the molecule is CNC(=O)c1ccc(NC(C)CC(C)N)nn1. The van der Waals surface area contributed by atoms with E-state index >= 15 is 0 Å². The van der Waals surface area contributed by atoms with Crippen LogP contribution in [-0.4, -0.2) is 35.2 Å². The van der Waals surface area contributed by atoms with E-state index in [1.165, 1.54) is 0 Å². The van der Waals surface area contributed by atoms with Gasteiger partial charge in [0.05, 0.1) is 0 Å². The number of carbonyl (C=O) groups excluding carboxylic acids is 1. The van der Waals surface area contributed by atoms with Crippen LogP contribution in [0.2, 0.25) is 0 Å². The van der Waals surface area contributed by atoms with Crippen molar-refractivity contribution >= 4 is 11.7 Å². The maximum Gasteiger partial charge on any atom is 0.271 e. The van der Waals surface area contributed by atoms with Gasteiger partial charge in [0.25, 0.3) is 5.91 Å². The molecule has 2 unspecified atom stereocenters. The molecule has 0 radical (unpaired) electrons. The monoisotopic (exact) mass is 237 g/mol. The van der Waals surface area contributed by atoms with Crippen molar-refractivity contribution in [3.05, 3.63) is 17.8 Å². The smallest absolute Gasteiger partial charge is 0.271 e. The quantitative estimate of drug-likeness (QED) is 0.688. The van der Waals surface area contributed by atoms with E-state index in [4.69, 9.17) is 5.73 Å². The van der Waals surface area contributed by atoms with E-state index in [2.05, 4.69) is 20.8 Å². The van der Waals surface area contributed by atoms with Gasteiger partial charge in [0.15, 0.2) is 5.69 Å². The van der Waals surface area contributed by atoms with Crippen LogP contribution in [0.4, 0.5) is 5.82 Å². The van der Waals surface area contributed by atoms with E-state index in [-0.39, 0.29) is 18.0 Å². The Morgan fingerprint density at radius 2 is 2.12 bits per heavy atom. The molecule has 0 saturated heterocycles. The summed E-state index contributed by atoms with van der Waals surface area (Å²) in [6.45, 7) is 3.98. The van der Waals surface area contributed by atoms with Gasteiger partial charge in [0.2, 0.25) is 0 Å². The molecule has 0 aliphatic carbocycles. The summed E-state index contributed by atoms with van der Waals surface area (Å²) in [4.78, 5) is 11.2. The van der Waals surface area contributed by atoms with Crippen molar-refractivity contribution < 1.29 is 4.79 Å². The number of nitrogens with two attached hydrogens (primary N) is 1. The number of hydrogen-bond acceptors (Lipinski definition) is 5. The summed E-state index contributed by atoms with van der Waals surface area (Å²) in [5, 5.41) is 13.4. The number of anilines is 1. The second-order valence-electron chi connectivity index (χ2n) is 4.14. The Morgan fingerprint density at radius 3 is 2.59 bits per heavy atom. The highest BCUT2D eigenvalue weighted by Gasteiger charge is 2.08. The van der Waals surface area contributed by atoms with Gasteiger partial charge in [-0.15, -0.1) is 10.2 Å². The Hall–Kier alpha value is -1.69. The van der Waals surface area contributed by atoms with Gasteiger partial charge in [-0.3, -0.25) is 4.79 Å². The number of rotatable bonds is 5. The highest BCUT2D eigenvalue weighted by molar-refractivity contribution is 5.91. The maximum absolute atomic E-state index is 11.2. The molecule has 6 nitrogen and oxygen atoms in total. The summed E-state index contributed by atoms with van der Waals surface area (Å²) in [7, 11) is 1.56. The zero-order chi connectivity index (χ0) is 12.8. The van der Waals surface area contributed by atoms with Gasteiger partial charge in [-0.2, -0.15) is 0 Å². The summed E-state index contributed by atoms with van der Waals surface area (Å²) in [5.41, 5.74) is 6.00. The first kappa shape index (κ1) is 13.4. The molecule has 0 aliphatic heterocycles. The van der Waals surface area contributed by atoms with Crippen LogP contribution in [0.1, 0.15) is 30.8 Å². The zero-order valence-electron chi connectivity index (χ0n) is 10.4. The molecule has 0 fully saturated rings. The average Bonchev–Trinajstić information content (AvgIpc) is 2.28. The van der Waals surface area contributed by atoms with E-state index in [1.807, 2.05) is 13.8 Å². The summed E-state index contributed by atoms with van der Waals surface area (Å²) in [5.74, 6) is 0.401. The third kappa shape index (κ3) is 4.36. The van der Waals surface area contributed by atoms with E-state index in [1.54, 1.807) is 19.2 Å². The first-order chi connectivity index (χ1) is 8.02. The topological polar surface area (TPSA) is 92.9 Å². The molecule has 6 heteroatoms. The highest BCUT2D eigenvalue weighted by Crippen LogP contribution is 2.06. The van der Waals surface area contributed by atoms with Crippen molar-refractivity contribution in [2.75, 3.05) is 12.4 Å². The van der Waals surface area contributed by atoms with Gasteiger partial charge in [0, 0.05) is 19.1 Å². The molecule has 1 heterocycles. The Bertz CT molecular complexity index is 363. The number of nitrogens with zero attached hydrogens (tertiary/aromatic N) is 2. The van der Waals surface area contributed by atoms with Crippen molar-refractivity contribution in [1.82, 2.24) is 15.5 Å². The lowest BCUT2D eigenvalue weighted by atomic mass is 10.1. The Labute approximate surface area is 101 Å². The van der Waals surface area contributed by atoms with Gasteiger partial charge < -0.3 is 16.4 Å². The molecule has 1 aromatic rings. The number of carbonyl (C=O) groups is 1. The number of amides is 1. The fourth-order valence-corrected chi connectivity index (χ4v) is 1.53. The second kappa shape index (κ2) is 6.15. The number of hydrogen-bond donors (Lipinski definition) is 3. The summed E-state index contributed by atoms with van der Waals surface area (Å²) >= 11 is 0. The van der Waals surface area contributed by atoms with Gasteiger partial charge in [-0.1, -0.05) is 0 Å². The molecule has 0 spiro atoms. The van der Waals surface area contributed by atoms with Crippen LogP contribution in [0.25, 0.3) is 0 Å². The third-order valence-electron chi connectivity index (χ3n) is 2.24. The van der Waals surface area contributed by atoms with E-state index in [9.17, 15) is 4.79 Å². The molecular weight excluding hydrogens is 218 g/mol. The van der Waals surface area contributed by atoms with Crippen molar-refractivity contribution in [2.24, 2.45) is 5.73 Å². The second-order valence-corrected chi connectivity index (χ2v) is 4.14. The third-order valence-corrected chi connectivity index (χ3v) is 2.24. The highest BCUT2D eigenvalue weighted by atomic mass is 16.1. The molecule has 0 aromatic carbocycles. The predicted molar refractivity (Wildman–Crippen MR) is 66.8 cm³/mol. The zero-order valence-corrected chi connectivity index (χ0v) is 10.4. The summed E-state index contributed by atoms with van der Waals surface area (Å²) < 4.78 is 0. The molecule has 1 rings (SSSR count). The van der Waals surface area contributed by atoms with Crippen LogP contribution < -0.4 is 16.4 Å². The lowest BCUT2D eigenvalue weighted by molar-refractivity contribution is 0.0957. The fourth-order valence-electron chi connectivity index (χ4n) is 1.53. The lowest BCUT2D eigenvalue weighted by Gasteiger charge is -2.15. The van der Waals surface area contributed by atoms with Crippen molar-refractivity contribution in [2.45, 2.75) is 32.4 Å². The fraction of sp³-hybridized carbons (Fsp3) is 0.545. The van der Waals surface area contributed by atoms with Crippen LogP contribution in [0.3, 0.4) is 0 Å². The van der Waals surface area contributed by atoms with Gasteiger partial charge in [-0.05, 0) is 32.4 Å². The van der Waals surface area contributed by atoms with Crippen LogP contribution in [0.5, 0.6) is 0 Å². The van der Waals surface area contributed by atoms with E-state index in [0.29, 0.717) is 11.5 Å². The van der Waals surface area contributed by atoms with Gasteiger partial charge in [0.1, 0.15) is 5.82 Å². The standard InChI is InChI=1S/C11H19N5O/c1-7(12)6-8(2)14-10-5-4-9(15-16-10)11(17)13-3/h4-5,7-8H,6,12H2,1-3H3,(H,13,17)(H,14,16). The van der Waals surface area contributed by atoms with Crippen LogP contribution in [-0.2, 0) is 0 Å². The Balaban J connectivity index is 2.59. The van der Waals surface area contributed by atoms with Crippen LogP contribution >= 0.6 is 0 Å². The number of nitrogens with one attached hydrogen (secondary N) is 2. The molecule has 0 saturated carbocycles. The van der Waals surface area contributed by atoms with E-state index in [0.717, 1.165) is 6.42 Å². The summed E-state index contributed by atoms with van der Waals surface area (Å²) in [6, 6.07) is 3.72. The molecule has 17 heavy (non-hydrogen) atoms. The Morgan fingerprint density at radius 1 is 1.41 bits per heavy atom. The summed E-state index contributed by atoms with van der Waals surface area (Å²) in [6.07, 6.45) is 0.846. The molecule has 1 amide bonds. The first-order valence-electron chi connectivity index (χ1n) is 5.61. The first-order valence-corrected chi connectivity index (χ1v) is 5.61. The van der Waals surface area contributed by atoms with Crippen molar-refractivity contribution in [3.8, 4) is 0 Å². The van der Waals surface area contributed by atoms with Gasteiger partial charge >= 0.3 is 0 Å². The van der Waals surface area contributed by atoms with E-state index < -0.39 is 0 Å². The molecule has 0 bridgehead atoms. The minimum Gasteiger partial charge on any atom is -0.366 e. The van der Waals surface area contributed by atoms with Crippen molar-refractivity contribution in [3.63, 3.8) is 0 Å². The van der Waals surface area contributed by atoms with Crippen LogP contribution in [0.15, 0.2) is 12.1 Å². The normalized spacial score (nSPS) is 13.9. The molecular formula is C11H19N5O. The molecule has 0 aliphatic rings. The predicted octanol–water partition coefficient (Wildman–Crippen LogP) is 0.374. The lowest BCUT2D eigenvalue weighted by Crippen LogP contribution is -2.26. The van der Waals surface area contributed by atoms with Crippen molar-refractivity contribution in [1.29, 1.82) is 0 Å². The minimum absolute atomic E-state index is 0.135. The molecule has 4 N–H and O–H groups in total. The maximum atomic E-state index is 11.2. The van der Waals surface area contributed by atoms with Gasteiger partial charge in [-0.25, -0.2) is 0 Å². The molecule has 1 aromatic heterocycles. The van der Waals surface area contributed by atoms with Crippen LogP contribution in [0, 0.1) is 0 Å². The average molecular weight is 237 g/mol. The minimum atomic E-state index is -0.243. The molecule has 2 atom stereocenters. The largest absolute Gasteiger partial charge is 0.366 e. The molecule has 94 valence electrons. The Kier molecular flexibility index (Phi) is 4.84.